The summed E-state index contributed by atoms with van der Waals surface area (Å²) in [5, 5.41) is 0.474. The Bertz CT molecular complexity index is 1180. The lowest BCUT2D eigenvalue weighted by atomic mass is 9.97. The smallest absolute Gasteiger partial charge is 0.309 e. The fraction of sp³-hybridized carbons (Fsp3) is 0.391. The number of thioether (sulfide) groups is 1. The minimum atomic E-state index is -0.195. The third-order valence-electron chi connectivity index (χ3n) is 5.56. The second-order valence-electron chi connectivity index (χ2n) is 7.78. The Kier molecular flexibility index (Phi) is 6.64. The number of piperidine rings is 1. The molecule has 9 heteroatoms. The summed E-state index contributed by atoms with van der Waals surface area (Å²) >= 11 is 1.25. The standard InChI is InChI=1S/C23H26N4O4S/c1-3-31-22(30)16-9-11-26(12-10-16)19(28)14-32-23-25-18-13-15(2)24-20(18)21(29)27(23)17-7-5-4-6-8-17/h4-8,13,16,24H,3,9-12,14H2,1-2H3. The van der Waals surface area contributed by atoms with Crippen molar-refractivity contribution in [2.75, 3.05) is 25.4 Å². The van der Waals surface area contributed by atoms with E-state index in [4.69, 9.17) is 4.74 Å². The van der Waals surface area contributed by atoms with Gasteiger partial charge in [-0.1, -0.05) is 30.0 Å². The molecule has 1 N–H and O–H groups in total. The van der Waals surface area contributed by atoms with E-state index in [1.807, 2.05) is 43.3 Å². The van der Waals surface area contributed by atoms with Crippen LogP contribution < -0.4 is 5.56 Å². The zero-order valence-corrected chi connectivity index (χ0v) is 19.0. The van der Waals surface area contributed by atoms with Crippen molar-refractivity contribution >= 4 is 34.7 Å². The highest BCUT2D eigenvalue weighted by Crippen LogP contribution is 2.24. The van der Waals surface area contributed by atoms with Crippen LogP contribution in [-0.4, -0.2) is 56.8 Å². The van der Waals surface area contributed by atoms with Gasteiger partial charge in [0.15, 0.2) is 5.16 Å². The van der Waals surface area contributed by atoms with Gasteiger partial charge in [-0.25, -0.2) is 4.98 Å². The molecule has 0 spiro atoms. The van der Waals surface area contributed by atoms with E-state index in [1.165, 1.54) is 11.8 Å². The van der Waals surface area contributed by atoms with Crippen LogP contribution in [0.25, 0.3) is 16.7 Å². The molecule has 1 amide bonds. The van der Waals surface area contributed by atoms with Gasteiger partial charge in [0.1, 0.15) is 5.52 Å². The molecule has 1 aromatic carbocycles. The molecular weight excluding hydrogens is 428 g/mol. The number of carbonyl (C=O) groups excluding carboxylic acids is 2. The number of nitrogens with one attached hydrogen (secondary N) is 1. The number of hydrogen-bond donors (Lipinski definition) is 1. The van der Waals surface area contributed by atoms with Crippen LogP contribution in [0.5, 0.6) is 0 Å². The van der Waals surface area contributed by atoms with Crippen LogP contribution in [0.3, 0.4) is 0 Å². The quantitative estimate of drug-likeness (QED) is 0.349. The number of fused-ring (bicyclic) bond motifs is 1. The highest BCUT2D eigenvalue weighted by Gasteiger charge is 2.28. The summed E-state index contributed by atoms with van der Waals surface area (Å²) in [7, 11) is 0. The molecule has 0 unspecified atom stereocenters. The first-order chi connectivity index (χ1) is 15.5. The Labute approximate surface area is 190 Å². The third kappa shape index (κ3) is 4.57. The Morgan fingerprint density at radius 1 is 1.22 bits per heavy atom. The summed E-state index contributed by atoms with van der Waals surface area (Å²) < 4.78 is 6.64. The van der Waals surface area contributed by atoms with E-state index in [9.17, 15) is 14.4 Å². The molecule has 1 aliphatic heterocycles. The van der Waals surface area contributed by atoms with Crippen molar-refractivity contribution < 1.29 is 14.3 Å². The van der Waals surface area contributed by atoms with Crippen LogP contribution in [-0.2, 0) is 14.3 Å². The van der Waals surface area contributed by atoms with E-state index in [1.54, 1.807) is 16.4 Å². The number of para-hydroxylation sites is 1. The molecule has 0 atom stereocenters. The van der Waals surface area contributed by atoms with Gasteiger partial charge in [-0.05, 0) is 44.9 Å². The molecule has 32 heavy (non-hydrogen) atoms. The molecule has 0 aliphatic carbocycles. The molecule has 1 fully saturated rings. The molecule has 3 aromatic rings. The predicted octanol–water partition coefficient (Wildman–Crippen LogP) is 2.92. The Balaban J connectivity index is 1.51. The number of rotatable bonds is 6. The number of aryl methyl sites for hydroxylation is 1. The number of hydrogen-bond acceptors (Lipinski definition) is 6. The van der Waals surface area contributed by atoms with E-state index in [0.29, 0.717) is 54.4 Å². The summed E-state index contributed by atoms with van der Waals surface area (Å²) in [6, 6.07) is 11.1. The maximum Gasteiger partial charge on any atom is 0.309 e. The summed E-state index contributed by atoms with van der Waals surface area (Å²) in [6.45, 7) is 5.10. The zero-order valence-electron chi connectivity index (χ0n) is 18.2. The Morgan fingerprint density at radius 3 is 2.62 bits per heavy atom. The molecule has 168 valence electrons. The van der Waals surface area contributed by atoms with Gasteiger partial charge in [0.25, 0.3) is 5.56 Å². The maximum atomic E-state index is 13.2. The summed E-state index contributed by atoms with van der Waals surface area (Å²) in [5.74, 6) is -0.189. The Morgan fingerprint density at radius 2 is 1.94 bits per heavy atom. The molecule has 2 aromatic heterocycles. The van der Waals surface area contributed by atoms with E-state index in [2.05, 4.69) is 9.97 Å². The van der Waals surface area contributed by atoms with Crippen LogP contribution in [0.15, 0.2) is 46.3 Å². The predicted molar refractivity (Wildman–Crippen MR) is 123 cm³/mol. The number of esters is 1. The monoisotopic (exact) mass is 454 g/mol. The lowest BCUT2D eigenvalue weighted by molar-refractivity contribution is -0.151. The van der Waals surface area contributed by atoms with Crippen LogP contribution in [0.2, 0.25) is 0 Å². The first-order valence-corrected chi connectivity index (χ1v) is 11.7. The minimum Gasteiger partial charge on any atom is -0.466 e. The van der Waals surface area contributed by atoms with Crippen LogP contribution in [0.1, 0.15) is 25.5 Å². The second-order valence-corrected chi connectivity index (χ2v) is 8.72. The van der Waals surface area contributed by atoms with Crippen molar-refractivity contribution in [2.45, 2.75) is 31.8 Å². The van der Waals surface area contributed by atoms with E-state index >= 15 is 0 Å². The first-order valence-electron chi connectivity index (χ1n) is 10.7. The summed E-state index contributed by atoms with van der Waals surface area (Å²) in [5.41, 5.74) is 2.39. The number of benzene rings is 1. The molecule has 8 nitrogen and oxygen atoms in total. The molecule has 3 heterocycles. The van der Waals surface area contributed by atoms with Crippen LogP contribution in [0.4, 0.5) is 0 Å². The van der Waals surface area contributed by atoms with E-state index < -0.39 is 0 Å². The molecule has 1 saturated heterocycles. The second kappa shape index (κ2) is 9.60. The Hall–Kier alpha value is -3.07. The summed E-state index contributed by atoms with van der Waals surface area (Å²) in [4.78, 5) is 47.5. The minimum absolute atomic E-state index is 0.0310. The number of carbonyl (C=O) groups is 2. The molecule has 0 saturated carbocycles. The molecule has 4 rings (SSSR count). The van der Waals surface area contributed by atoms with Crippen molar-refractivity contribution in [2.24, 2.45) is 5.92 Å². The van der Waals surface area contributed by atoms with Gasteiger partial charge in [-0.2, -0.15) is 0 Å². The average molecular weight is 455 g/mol. The zero-order chi connectivity index (χ0) is 22.7. The van der Waals surface area contributed by atoms with Gasteiger partial charge in [-0.3, -0.25) is 19.0 Å². The fourth-order valence-electron chi connectivity index (χ4n) is 3.92. The fourth-order valence-corrected chi connectivity index (χ4v) is 4.84. The summed E-state index contributed by atoms with van der Waals surface area (Å²) in [6.07, 6.45) is 1.22. The van der Waals surface area contributed by atoms with E-state index in [-0.39, 0.29) is 29.1 Å². The lowest BCUT2D eigenvalue weighted by Crippen LogP contribution is -2.41. The number of ether oxygens (including phenoxy) is 1. The van der Waals surface area contributed by atoms with Crippen LogP contribution in [0, 0.1) is 12.8 Å². The topological polar surface area (TPSA) is 97.3 Å². The number of aromatic nitrogens is 3. The van der Waals surface area contributed by atoms with Gasteiger partial charge >= 0.3 is 5.97 Å². The number of nitrogens with zero attached hydrogens (tertiary/aromatic N) is 3. The molecular formula is C23H26N4O4S. The van der Waals surface area contributed by atoms with Gasteiger partial charge in [0.2, 0.25) is 5.91 Å². The molecule has 1 aliphatic rings. The molecule has 0 radical (unpaired) electrons. The highest BCUT2D eigenvalue weighted by atomic mass is 32.2. The SMILES string of the molecule is CCOC(=O)C1CCN(C(=O)CSc2nc3cc(C)[nH]c3c(=O)n2-c2ccccc2)CC1. The lowest BCUT2D eigenvalue weighted by Gasteiger charge is -2.30. The largest absolute Gasteiger partial charge is 0.466 e. The normalized spacial score (nSPS) is 14.6. The van der Waals surface area contributed by atoms with Gasteiger partial charge < -0.3 is 14.6 Å². The molecule has 0 bridgehead atoms. The highest BCUT2D eigenvalue weighted by molar-refractivity contribution is 7.99. The maximum absolute atomic E-state index is 13.2. The first kappa shape index (κ1) is 22.1. The van der Waals surface area contributed by atoms with Gasteiger partial charge in [-0.15, -0.1) is 0 Å². The van der Waals surface area contributed by atoms with E-state index in [0.717, 1.165) is 5.69 Å². The van der Waals surface area contributed by atoms with Gasteiger partial charge in [0, 0.05) is 18.8 Å². The number of amides is 1. The number of aromatic amines is 1. The number of H-pyrrole nitrogens is 1. The van der Waals surface area contributed by atoms with Crippen molar-refractivity contribution in [1.82, 2.24) is 19.4 Å². The van der Waals surface area contributed by atoms with Crippen molar-refractivity contribution in [1.29, 1.82) is 0 Å². The van der Waals surface area contributed by atoms with Crippen molar-refractivity contribution in [3.05, 3.63) is 52.4 Å². The van der Waals surface area contributed by atoms with Gasteiger partial charge in [0.05, 0.1) is 29.5 Å². The third-order valence-corrected chi connectivity index (χ3v) is 6.49. The van der Waals surface area contributed by atoms with Crippen molar-refractivity contribution in [3.63, 3.8) is 0 Å². The number of likely N-dealkylation sites (tertiary alicyclic amines) is 1. The average Bonchev–Trinajstić information content (AvgIpc) is 3.19. The van der Waals surface area contributed by atoms with Crippen LogP contribution >= 0.6 is 11.8 Å². The van der Waals surface area contributed by atoms with Crippen molar-refractivity contribution in [3.8, 4) is 5.69 Å².